The lowest BCUT2D eigenvalue weighted by molar-refractivity contribution is -0.139. The predicted octanol–water partition coefficient (Wildman–Crippen LogP) is -2.52. The number of aliphatic hydroxyl groups is 1. The minimum atomic E-state index is -1.50. The van der Waals surface area contributed by atoms with Gasteiger partial charge in [0.25, 0.3) is 0 Å². The van der Waals surface area contributed by atoms with E-state index >= 15 is 0 Å². The molecule has 0 aromatic rings. The highest BCUT2D eigenvalue weighted by molar-refractivity contribution is 7.98. The Kier molecular flexibility index (Phi) is 12.6. The molecule has 0 aromatic carbocycles. The lowest BCUT2D eigenvalue weighted by Gasteiger charge is -2.25. The summed E-state index contributed by atoms with van der Waals surface area (Å²) in [4.78, 5) is 58.1. The van der Waals surface area contributed by atoms with E-state index in [0.29, 0.717) is 12.2 Å². The molecular weight excluding hydrogens is 408 g/mol. The third-order valence-electron chi connectivity index (χ3n) is 3.73. The molecule has 166 valence electrons. The van der Waals surface area contributed by atoms with E-state index in [1.807, 2.05) is 11.6 Å². The summed E-state index contributed by atoms with van der Waals surface area (Å²) in [5.41, 5.74) is 5.74. The number of amides is 3. The first kappa shape index (κ1) is 26.6. The van der Waals surface area contributed by atoms with E-state index in [1.165, 1.54) is 18.7 Å². The zero-order valence-corrected chi connectivity index (χ0v) is 17.0. The fraction of sp³-hybridized carbons (Fsp3) is 0.688. The summed E-state index contributed by atoms with van der Waals surface area (Å²) in [6.45, 7) is 0.482. The number of aliphatic hydroxyl groups excluding tert-OH is 1. The number of rotatable bonds is 14. The fourth-order valence-corrected chi connectivity index (χ4v) is 2.61. The monoisotopic (exact) mass is 436 g/mol. The van der Waals surface area contributed by atoms with Gasteiger partial charge in [0.2, 0.25) is 17.7 Å². The van der Waals surface area contributed by atoms with Crippen molar-refractivity contribution in [3.8, 4) is 0 Å². The van der Waals surface area contributed by atoms with Crippen LogP contribution in [0.25, 0.3) is 0 Å². The SMILES string of the molecule is CSCCC(N)C(=O)NC(CCC(=O)O)C(=O)NC(C(=O)NCC(=O)O)C(C)O. The van der Waals surface area contributed by atoms with E-state index in [2.05, 4.69) is 10.6 Å². The number of nitrogens with one attached hydrogen (secondary N) is 3. The van der Waals surface area contributed by atoms with Crippen LogP contribution in [0.15, 0.2) is 0 Å². The number of carboxylic acids is 2. The zero-order valence-electron chi connectivity index (χ0n) is 16.2. The third-order valence-corrected chi connectivity index (χ3v) is 4.37. The van der Waals surface area contributed by atoms with Crippen LogP contribution in [0, 0.1) is 0 Å². The molecule has 4 atom stereocenters. The molecule has 8 N–H and O–H groups in total. The van der Waals surface area contributed by atoms with Crippen LogP contribution in [-0.4, -0.2) is 87.8 Å². The molecule has 4 unspecified atom stereocenters. The fourth-order valence-electron chi connectivity index (χ4n) is 2.12. The Morgan fingerprint density at radius 1 is 0.966 bits per heavy atom. The largest absolute Gasteiger partial charge is 0.481 e. The molecule has 0 rings (SSSR count). The smallest absolute Gasteiger partial charge is 0.322 e. The predicted molar refractivity (Wildman–Crippen MR) is 104 cm³/mol. The van der Waals surface area contributed by atoms with E-state index < -0.39 is 66.9 Å². The molecule has 0 spiro atoms. The molecule has 29 heavy (non-hydrogen) atoms. The van der Waals surface area contributed by atoms with E-state index in [1.54, 1.807) is 0 Å². The zero-order chi connectivity index (χ0) is 22.6. The summed E-state index contributed by atoms with van der Waals surface area (Å²) in [7, 11) is 0. The van der Waals surface area contributed by atoms with Crippen molar-refractivity contribution in [3.05, 3.63) is 0 Å². The lowest BCUT2D eigenvalue weighted by Crippen LogP contribution is -2.58. The van der Waals surface area contributed by atoms with Crippen molar-refractivity contribution < 1.29 is 39.3 Å². The van der Waals surface area contributed by atoms with Crippen LogP contribution in [-0.2, 0) is 24.0 Å². The number of hydrogen-bond donors (Lipinski definition) is 7. The van der Waals surface area contributed by atoms with E-state index in [9.17, 15) is 29.1 Å². The van der Waals surface area contributed by atoms with Gasteiger partial charge in [-0.2, -0.15) is 11.8 Å². The molecular formula is C16H28N4O8S. The maximum absolute atomic E-state index is 12.5. The van der Waals surface area contributed by atoms with Gasteiger partial charge < -0.3 is 37.0 Å². The van der Waals surface area contributed by atoms with Crippen LogP contribution in [0.1, 0.15) is 26.2 Å². The number of carbonyl (C=O) groups is 5. The van der Waals surface area contributed by atoms with Gasteiger partial charge in [0.15, 0.2) is 0 Å². The van der Waals surface area contributed by atoms with Crippen LogP contribution in [0.4, 0.5) is 0 Å². The summed E-state index contributed by atoms with van der Waals surface area (Å²) in [5.74, 6) is -4.43. The Morgan fingerprint density at radius 3 is 2.07 bits per heavy atom. The normalized spacial score (nSPS) is 14.8. The van der Waals surface area contributed by atoms with Crippen molar-refractivity contribution in [2.24, 2.45) is 5.73 Å². The number of carboxylic acid groups (broad SMARTS) is 2. The minimum Gasteiger partial charge on any atom is -0.481 e. The van der Waals surface area contributed by atoms with Crippen LogP contribution >= 0.6 is 11.8 Å². The van der Waals surface area contributed by atoms with Crippen LogP contribution in [0.2, 0.25) is 0 Å². The Labute approximate surface area is 172 Å². The molecule has 0 fully saturated rings. The standard InChI is InChI=1S/C16H28N4O8S/c1-8(21)13(16(28)18-7-12(24)25)20-15(27)10(3-4-11(22)23)19-14(26)9(17)5-6-29-2/h8-10,13,21H,3-7,17H2,1-2H3,(H,18,28)(H,19,26)(H,20,27)(H,22,23)(H,24,25). The molecule has 12 nitrogen and oxygen atoms in total. The molecule has 0 radical (unpaired) electrons. The summed E-state index contributed by atoms with van der Waals surface area (Å²) < 4.78 is 0. The number of nitrogens with two attached hydrogens (primary N) is 1. The minimum absolute atomic E-state index is 0.272. The Hall–Kier alpha value is -2.38. The van der Waals surface area contributed by atoms with Crippen LogP contribution in [0.5, 0.6) is 0 Å². The van der Waals surface area contributed by atoms with Gasteiger partial charge in [0.05, 0.1) is 12.1 Å². The van der Waals surface area contributed by atoms with Gasteiger partial charge in [-0.05, 0) is 31.8 Å². The average molecular weight is 436 g/mol. The van der Waals surface area contributed by atoms with Crippen LogP contribution in [0.3, 0.4) is 0 Å². The Balaban J connectivity index is 5.19. The topological polar surface area (TPSA) is 208 Å². The number of aliphatic carboxylic acids is 2. The van der Waals surface area contributed by atoms with Crippen molar-refractivity contribution in [2.75, 3.05) is 18.6 Å². The number of thioether (sulfide) groups is 1. The average Bonchev–Trinajstić information content (AvgIpc) is 2.64. The second-order valence-electron chi connectivity index (χ2n) is 6.22. The first-order valence-corrected chi connectivity index (χ1v) is 10.1. The highest BCUT2D eigenvalue weighted by Gasteiger charge is 2.30. The lowest BCUT2D eigenvalue weighted by atomic mass is 10.1. The quantitative estimate of drug-likeness (QED) is 0.152. The molecule has 3 amide bonds. The summed E-state index contributed by atoms with van der Waals surface area (Å²) >= 11 is 1.48. The highest BCUT2D eigenvalue weighted by atomic mass is 32.2. The highest BCUT2D eigenvalue weighted by Crippen LogP contribution is 2.04. The van der Waals surface area contributed by atoms with Crippen LogP contribution < -0.4 is 21.7 Å². The van der Waals surface area contributed by atoms with Crippen molar-refractivity contribution in [3.63, 3.8) is 0 Å². The second-order valence-corrected chi connectivity index (χ2v) is 7.21. The maximum atomic E-state index is 12.5. The summed E-state index contributed by atoms with van der Waals surface area (Å²) in [6.07, 6.45) is 0.0782. The van der Waals surface area contributed by atoms with Crippen molar-refractivity contribution in [1.29, 1.82) is 0 Å². The third kappa shape index (κ3) is 11.3. The molecule has 0 aliphatic heterocycles. The van der Waals surface area contributed by atoms with Gasteiger partial charge >= 0.3 is 11.9 Å². The second kappa shape index (κ2) is 13.7. The van der Waals surface area contributed by atoms with Gasteiger partial charge in [-0.1, -0.05) is 0 Å². The number of hydrogen-bond acceptors (Lipinski definition) is 8. The molecule has 0 bridgehead atoms. The molecule has 0 aliphatic rings. The van der Waals surface area contributed by atoms with Gasteiger partial charge in [0, 0.05) is 6.42 Å². The first-order chi connectivity index (χ1) is 13.5. The van der Waals surface area contributed by atoms with Crippen molar-refractivity contribution >= 4 is 41.4 Å². The summed E-state index contributed by atoms with van der Waals surface area (Å²) in [5, 5.41) is 33.8. The van der Waals surface area contributed by atoms with Crippen molar-refractivity contribution in [2.45, 2.75) is 50.4 Å². The van der Waals surface area contributed by atoms with E-state index in [-0.39, 0.29) is 6.42 Å². The molecule has 13 heteroatoms. The molecule has 0 saturated carbocycles. The van der Waals surface area contributed by atoms with Gasteiger partial charge in [-0.25, -0.2) is 0 Å². The van der Waals surface area contributed by atoms with Gasteiger partial charge in [-0.3, -0.25) is 24.0 Å². The molecule has 0 heterocycles. The Bertz CT molecular complexity index is 601. The van der Waals surface area contributed by atoms with E-state index in [4.69, 9.17) is 15.9 Å². The molecule has 0 saturated heterocycles. The van der Waals surface area contributed by atoms with E-state index in [0.717, 1.165) is 0 Å². The Morgan fingerprint density at radius 2 is 1.59 bits per heavy atom. The summed E-state index contributed by atoms with van der Waals surface area (Å²) in [6, 6.07) is -3.72. The maximum Gasteiger partial charge on any atom is 0.322 e. The van der Waals surface area contributed by atoms with Gasteiger partial charge in [0.1, 0.15) is 18.6 Å². The van der Waals surface area contributed by atoms with Crippen molar-refractivity contribution in [1.82, 2.24) is 16.0 Å². The number of carbonyl (C=O) groups excluding carboxylic acids is 3. The molecule has 0 aromatic heterocycles. The molecule has 0 aliphatic carbocycles. The first-order valence-electron chi connectivity index (χ1n) is 8.74. The van der Waals surface area contributed by atoms with Gasteiger partial charge in [-0.15, -0.1) is 0 Å².